The number of anilines is 2. The van der Waals surface area contributed by atoms with Crippen LogP contribution in [-0.4, -0.2) is 39.7 Å². The number of aromatic nitrogens is 3. The van der Waals surface area contributed by atoms with Gasteiger partial charge in [0.25, 0.3) is 0 Å². The van der Waals surface area contributed by atoms with Gasteiger partial charge in [-0.25, -0.2) is 9.78 Å². The summed E-state index contributed by atoms with van der Waals surface area (Å²) in [6, 6.07) is 6.04. The van der Waals surface area contributed by atoms with E-state index in [9.17, 15) is 4.79 Å². The van der Waals surface area contributed by atoms with Gasteiger partial charge in [0.05, 0.1) is 5.03 Å². The minimum absolute atomic E-state index is 0.0168. The number of pyridine rings is 1. The average Bonchev–Trinajstić information content (AvgIpc) is 3.27. The molecule has 1 saturated carbocycles. The van der Waals surface area contributed by atoms with E-state index in [1.165, 1.54) is 0 Å². The maximum absolute atomic E-state index is 11.9. The number of ether oxygens (including phenoxy) is 1. The van der Waals surface area contributed by atoms with Crippen LogP contribution < -0.4 is 10.6 Å². The molecule has 6 bridgehead atoms. The molecule has 3 N–H and O–H groups in total. The minimum Gasteiger partial charge on any atom is -0.446 e. The van der Waals surface area contributed by atoms with Crippen LogP contribution in [0, 0.1) is 0 Å². The molecule has 0 unspecified atom stereocenters. The predicted octanol–water partition coefficient (Wildman–Crippen LogP) is 3.80. The topological polar surface area (TPSA) is 91.9 Å². The summed E-state index contributed by atoms with van der Waals surface area (Å²) in [6.07, 6.45) is 6.17. The molecule has 8 heteroatoms. The number of amides is 1. The number of hydrogen-bond donors (Lipinski definition) is 3. The average molecular weight is 373 g/mol. The van der Waals surface area contributed by atoms with Crippen LogP contribution in [0.4, 0.5) is 16.3 Å². The highest BCUT2D eigenvalue weighted by molar-refractivity contribution is 7.99. The Hall–Kier alpha value is -2.22. The van der Waals surface area contributed by atoms with Crippen LogP contribution in [0.25, 0.3) is 0 Å². The SMILES string of the molecule is O=C1NCCCCSc2cc(ccn2)Nc2cc([nH]n2)[C@H]2CC[C@H](C2)O1. The van der Waals surface area contributed by atoms with E-state index in [2.05, 4.69) is 25.8 Å². The molecule has 2 aromatic heterocycles. The monoisotopic (exact) mass is 373 g/mol. The van der Waals surface area contributed by atoms with E-state index in [4.69, 9.17) is 4.74 Å². The third kappa shape index (κ3) is 4.30. The molecule has 2 atom stereocenters. The van der Waals surface area contributed by atoms with Gasteiger partial charge in [-0.05, 0) is 50.0 Å². The largest absolute Gasteiger partial charge is 0.446 e. The fraction of sp³-hybridized carbons (Fsp3) is 0.500. The normalized spacial score (nSPS) is 23.9. The summed E-state index contributed by atoms with van der Waals surface area (Å²) < 4.78 is 5.55. The number of thioether (sulfide) groups is 1. The number of nitrogens with one attached hydrogen (secondary N) is 3. The van der Waals surface area contributed by atoms with Crippen molar-refractivity contribution in [2.75, 3.05) is 17.6 Å². The Kier molecular flexibility index (Phi) is 5.29. The lowest BCUT2D eigenvalue weighted by molar-refractivity contribution is 0.100. The molecular weight excluding hydrogens is 350 g/mol. The highest BCUT2D eigenvalue weighted by Crippen LogP contribution is 2.36. The van der Waals surface area contributed by atoms with Gasteiger partial charge in [-0.15, -0.1) is 11.8 Å². The predicted molar refractivity (Wildman–Crippen MR) is 101 cm³/mol. The lowest BCUT2D eigenvalue weighted by Crippen LogP contribution is -2.28. The fourth-order valence-electron chi connectivity index (χ4n) is 3.44. The van der Waals surface area contributed by atoms with E-state index in [0.717, 1.165) is 60.1 Å². The van der Waals surface area contributed by atoms with Crippen LogP contribution in [0.1, 0.15) is 43.7 Å². The molecule has 7 nitrogen and oxygen atoms in total. The summed E-state index contributed by atoms with van der Waals surface area (Å²) in [4.78, 5) is 16.3. The number of aromatic amines is 1. The van der Waals surface area contributed by atoms with Gasteiger partial charge in [0.2, 0.25) is 0 Å². The Morgan fingerprint density at radius 1 is 1.23 bits per heavy atom. The highest BCUT2D eigenvalue weighted by atomic mass is 32.2. The number of rotatable bonds is 0. The van der Waals surface area contributed by atoms with E-state index >= 15 is 0 Å². The van der Waals surface area contributed by atoms with E-state index < -0.39 is 0 Å². The molecule has 1 fully saturated rings. The van der Waals surface area contributed by atoms with Crippen molar-refractivity contribution >= 4 is 29.4 Å². The van der Waals surface area contributed by atoms with Crippen LogP contribution in [0.3, 0.4) is 0 Å². The number of carbonyl (C=O) groups is 1. The second kappa shape index (κ2) is 7.99. The summed E-state index contributed by atoms with van der Waals surface area (Å²) >= 11 is 1.72. The maximum Gasteiger partial charge on any atom is 0.407 e. The van der Waals surface area contributed by atoms with E-state index in [-0.39, 0.29) is 12.2 Å². The molecule has 2 aromatic rings. The summed E-state index contributed by atoms with van der Waals surface area (Å²) in [5.74, 6) is 2.10. The number of carbonyl (C=O) groups excluding carboxylic acids is 1. The van der Waals surface area contributed by atoms with Gasteiger partial charge in [0.1, 0.15) is 6.10 Å². The summed E-state index contributed by atoms with van der Waals surface area (Å²) in [7, 11) is 0. The zero-order valence-electron chi connectivity index (χ0n) is 14.5. The van der Waals surface area contributed by atoms with Crippen molar-refractivity contribution < 1.29 is 9.53 Å². The van der Waals surface area contributed by atoms with Crippen molar-refractivity contribution in [3.05, 3.63) is 30.1 Å². The number of hydrogen-bond acceptors (Lipinski definition) is 6. The van der Waals surface area contributed by atoms with Crippen molar-refractivity contribution in [1.82, 2.24) is 20.5 Å². The molecule has 0 aromatic carbocycles. The van der Waals surface area contributed by atoms with Gasteiger partial charge in [-0.2, -0.15) is 5.10 Å². The van der Waals surface area contributed by atoms with E-state index in [0.29, 0.717) is 12.5 Å². The first-order valence-corrected chi connectivity index (χ1v) is 10.1. The smallest absolute Gasteiger partial charge is 0.407 e. The highest BCUT2D eigenvalue weighted by Gasteiger charge is 2.29. The van der Waals surface area contributed by atoms with Crippen LogP contribution in [0.2, 0.25) is 0 Å². The van der Waals surface area contributed by atoms with Crippen molar-refractivity contribution in [1.29, 1.82) is 0 Å². The molecule has 1 aliphatic carbocycles. The summed E-state index contributed by atoms with van der Waals surface area (Å²) in [5.41, 5.74) is 2.07. The van der Waals surface area contributed by atoms with Gasteiger partial charge in [-0.3, -0.25) is 5.10 Å². The molecule has 0 spiro atoms. The van der Waals surface area contributed by atoms with Gasteiger partial charge < -0.3 is 15.4 Å². The molecule has 4 rings (SSSR count). The third-order valence-electron chi connectivity index (χ3n) is 4.79. The van der Waals surface area contributed by atoms with Crippen LogP contribution in [0.5, 0.6) is 0 Å². The van der Waals surface area contributed by atoms with Crippen LogP contribution in [0.15, 0.2) is 29.4 Å². The Labute approximate surface area is 156 Å². The lowest BCUT2D eigenvalue weighted by Gasteiger charge is -2.13. The summed E-state index contributed by atoms with van der Waals surface area (Å²) in [6.45, 7) is 0.647. The van der Waals surface area contributed by atoms with Gasteiger partial charge in [-0.1, -0.05) is 0 Å². The minimum atomic E-state index is -0.300. The summed E-state index contributed by atoms with van der Waals surface area (Å²) in [5, 5.41) is 14.7. The number of fused-ring (bicyclic) bond motifs is 7. The van der Waals surface area contributed by atoms with Crippen LogP contribution in [-0.2, 0) is 4.74 Å². The molecule has 138 valence electrons. The number of nitrogens with zero attached hydrogens (tertiary/aromatic N) is 2. The third-order valence-corrected chi connectivity index (χ3v) is 5.81. The zero-order valence-corrected chi connectivity index (χ0v) is 15.3. The first kappa shape index (κ1) is 17.2. The number of alkyl carbamates (subject to hydrolysis) is 1. The molecule has 1 aliphatic heterocycles. The van der Waals surface area contributed by atoms with Crippen molar-refractivity contribution in [2.45, 2.75) is 49.2 Å². The second-order valence-electron chi connectivity index (χ2n) is 6.74. The van der Waals surface area contributed by atoms with Crippen molar-refractivity contribution in [2.24, 2.45) is 0 Å². The molecule has 2 aliphatic rings. The molecule has 1 amide bonds. The van der Waals surface area contributed by atoms with Gasteiger partial charge in [0.15, 0.2) is 5.82 Å². The Balaban J connectivity index is 1.51. The van der Waals surface area contributed by atoms with Crippen molar-refractivity contribution in [3.8, 4) is 0 Å². The van der Waals surface area contributed by atoms with E-state index in [1.807, 2.05) is 24.4 Å². The molecule has 0 saturated heterocycles. The fourth-order valence-corrected chi connectivity index (χ4v) is 4.34. The first-order valence-electron chi connectivity index (χ1n) is 9.12. The Morgan fingerprint density at radius 2 is 2.19 bits per heavy atom. The quantitative estimate of drug-likeness (QED) is 0.651. The Bertz CT molecular complexity index is 766. The Morgan fingerprint density at radius 3 is 3.15 bits per heavy atom. The molecule has 3 heterocycles. The zero-order chi connectivity index (χ0) is 17.8. The maximum atomic E-state index is 11.9. The van der Waals surface area contributed by atoms with Gasteiger partial charge in [0, 0.05) is 36.1 Å². The van der Waals surface area contributed by atoms with Crippen LogP contribution >= 0.6 is 11.8 Å². The lowest BCUT2D eigenvalue weighted by atomic mass is 10.0. The molecule has 0 radical (unpaired) electrons. The van der Waals surface area contributed by atoms with E-state index in [1.54, 1.807) is 11.8 Å². The van der Waals surface area contributed by atoms with Gasteiger partial charge >= 0.3 is 6.09 Å². The molecular formula is C18H23N5O2S. The standard InChI is InChI=1S/C18H23N5O2S/c24-18-20-6-1-2-8-26-17-10-13(5-7-19-17)21-16-11-15(22-23-16)12-3-4-14(9-12)25-18/h5,7,10-12,14H,1-4,6,8-9H2,(H,20,24)(H2,21,22,23)/t12-,14+/m0/s1. The number of H-pyrrole nitrogens is 1. The second-order valence-corrected chi connectivity index (χ2v) is 7.85. The first-order chi connectivity index (χ1) is 12.8. The van der Waals surface area contributed by atoms with Crippen molar-refractivity contribution in [3.63, 3.8) is 0 Å². The molecule has 26 heavy (non-hydrogen) atoms.